The molecule has 6 nitrogen and oxygen atoms in total. The van der Waals surface area contributed by atoms with Crippen molar-refractivity contribution in [2.24, 2.45) is 0 Å². The number of hydrogen-bond acceptors (Lipinski definition) is 4. The van der Waals surface area contributed by atoms with E-state index >= 15 is 0 Å². The normalized spacial score (nSPS) is 14.8. The van der Waals surface area contributed by atoms with Gasteiger partial charge in [0.2, 0.25) is 0 Å². The minimum Gasteiger partial charge on any atom is -0.465 e. The standard InChI is InChI=1S/C24H28N4O2/c1-18-9-10-21-22(25-18)7-4-8-23(21)28-15-13-27(14-16-28)12-11-19-5-3-6-20(17-19)26(2)24(29)30/h3-10,17H,11-16H2,1-2H3,(H,29,30). The summed E-state index contributed by atoms with van der Waals surface area (Å²) in [5, 5.41) is 10.4. The quantitative estimate of drug-likeness (QED) is 0.696. The summed E-state index contributed by atoms with van der Waals surface area (Å²) in [5.41, 5.74) is 5.25. The summed E-state index contributed by atoms with van der Waals surface area (Å²) in [6, 6.07) is 18.4. The summed E-state index contributed by atoms with van der Waals surface area (Å²) in [4.78, 5) is 22.0. The molecule has 1 saturated heterocycles. The molecule has 156 valence electrons. The molecule has 0 spiro atoms. The Morgan fingerprint density at radius 1 is 1.07 bits per heavy atom. The van der Waals surface area contributed by atoms with Gasteiger partial charge in [-0.25, -0.2) is 4.79 Å². The van der Waals surface area contributed by atoms with Gasteiger partial charge in [-0.3, -0.25) is 14.8 Å². The fraction of sp³-hybridized carbons (Fsp3) is 0.333. The molecule has 0 aliphatic carbocycles. The first kappa shape index (κ1) is 20.2. The van der Waals surface area contributed by atoms with Crippen molar-refractivity contribution in [3.63, 3.8) is 0 Å². The zero-order valence-corrected chi connectivity index (χ0v) is 17.6. The lowest BCUT2D eigenvalue weighted by atomic mass is 10.1. The fourth-order valence-corrected chi connectivity index (χ4v) is 4.05. The summed E-state index contributed by atoms with van der Waals surface area (Å²) in [5.74, 6) is 0. The van der Waals surface area contributed by atoms with E-state index in [2.05, 4.69) is 51.2 Å². The Labute approximate surface area is 177 Å². The number of aryl methyl sites for hydroxylation is 1. The molecule has 4 rings (SSSR count). The zero-order chi connectivity index (χ0) is 21.1. The maximum atomic E-state index is 11.2. The van der Waals surface area contributed by atoms with E-state index in [9.17, 15) is 4.79 Å². The van der Waals surface area contributed by atoms with Crippen LogP contribution in [-0.2, 0) is 6.42 Å². The molecule has 1 amide bonds. The van der Waals surface area contributed by atoms with E-state index in [-0.39, 0.29) is 0 Å². The summed E-state index contributed by atoms with van der Waals surface area (Å²) < 4.78 is 0. The van der Waals surface area contributed by atoms with Crippen LogP contribution in [0, 0.1) is 6.92 Å². The summed E-state index contributed by atoms with van der Waals surface area (Å²) in [7, 11) is 1.57. The number of piperazine rings is 1. The molecule has 0 radical (unpaired) electrons. The van der Waals surface area contributed by atoms with E-state index in [0.29, 0.717) is 5.69 Å². The minimum absolute atomic E-state index is 0.713. The molecule has 0 bridgehead atoms. The molecule has 1 aliphatic heterocycles. The van der Waals surface area contributed by atoms with Gasteiger partial charge in [0, 0.05) is 62.2 Å². The van der Waals surface area contributed by atoms with Gasteiger partial charge in [-0.1, -0.05) is 18.2 Å². The van der Waals surface area contributed by atoms with E-state index in [0.717, 1.165) is 50.4 Å². The lowest BCUT2D eigenvalue weighted by Crippen LogP contribution is -2.47. The van der Waals surface area contributed by atoms with E-state index in [1.165, 1.54) is 21.5 Å². The fourth-order valence-electron chi connectivity index (χ4n) is 4.05. The van der Waals surface area contributed by atoms with Crippen molar-refractivity contribution >= 4 is 28.4 Å². The van der Waals surface area contributed by atoms with Gasteiger partial charge in [-0.2, -0.15) is 0 Å². The number of carbonyl (C=O) groups is 1. The van der Waals surface area contributed by atoms with E-state index in [1.54, 1.807) is 7.05 Å². The molecule has 2 heterocycles. The Bertz CT molecular complexity index is 1040. The van der Waals surface area contributed by atoms with Crippen LogP contribution in [0.25, 0.3) is 10.9 Å². The van der Waals surface area contributed by atoms with Crippen LogP contribution in [0.1, 0.15) is 11.3 Å². The molecule has 0 unspecified atom stereocenters. The molecule has 1 aromatic heterocycles. The molecule has 0 atom stereocenters. The monoisotopic (exact) mass is 404 g/mol. The predicted molar refractivity (Wildman–Crippen MR) is 122 cm³/mol. The molecular formula is C24H28N4O2. The Kier molecular flexibility index (Phi) is 5.86. The number of hydrogen-bond donors (Lipinski definition) is 1. The first-order valence-corrected chi connectivity index (χ1v) is 10.4. The van der Waals surface area contributed by atoms with Crippen LogP contribution in [0.5, 0.6) is 0 Å². The van der Waals surface area contributed by atoms with Crippen molar-refractivity contribution in [2.45, 2.75) is 13.3 Å². The van der Waals surface area contributed by atoms with Crippen molar-refractivity contribution < 1.29 is 9.90 Å². The number of amides is 1. The lowest BCUT2D eigenvalue weighted by Gasteiger charge is -2.36. The largest absolute Gasteiger partial charge is 0.465 e. The number of fused-ring (bicyclic) bond motifs is 1. The van der Waals surface area contributed by atoms with Gasteiger partial charge in [-0.05, 0) is 55.3 Å². The molecule has 6 heteroatoms. The second-order valence-electron chi connectivity index (χ2n) is 7.89. The zero-order valence-electron chi connectivity index (χ0n) is 17.6. The maximum absolute atomic E-state index is 11.2. The second kappa shape index (κ2) is 8.71. The minimum atomic E-state index is -0.943. The Balaban J connectivity index is 1.36. The van der Waals surface area contributed by atoms with Gasteiger partial charge >= 0.3 is 6.09 Å². The first-order valence-electron chi connectivity index (χ1n) is 10.4. The van der Waals surface area contributed by atoms with E-state index in [1.807, 2.05) is 25.1 Å². The van der Waals surface area contributed by atoms with Gasteiger partial charge in [0.05, 0.1) is 5.52 Å². The van der Waals surface area contributed by atoms with Crippen molar-refractivity contribution in [3.8, 4) is 0 Å². The first-order chi connectivity index (χ1) is 14.5. The number of pyridine rings is 1. The second-order valence-corrected chi connectivity index (χ2v) is 7.89. The third-order valence-corrected chi connectivity index (χ3v) is 5.86. The summed E-state index contributed by atoms with van der Waals surface area (Å²) >= 11 is 0. The number of rotatable bonds is 5. The summed E-state index contributed by atoms with van der Waals surface area (Å²) in [6.07, 6.45) is -0.0271. The molecular weight excluding hydrogens is 376 g/mol. The number of carboxylic acid groups (broad SMARTS) is 1. The summed E-state index contributed by atoms with van der Waals surface area (Å²) in [6.45, 7) is 7.03. The van der Waals surface area contributed by atoms with Crippen LogP contribution in [0.2, 0.25) is 0 Å². The lowest BCUT2D eigenvalue weighted by molar-refractivity contribution is 0.203. The van der Waals surface area contributed by atoms with Crippen molar-refractivity contribution in [1.29, 1.82) is 0 Å². The van der Waals surface area contributed by atoms with Gasteiger partial charge < -0.3 is 10.0 Å². The highest BCUT2D eigenvalue weighted by Crippen LogP contribution is 2.27. The number of nitrogens with zero attached hydrogens (tertiary/aromatic N) is 4. The Morgan fingerprint density at radius 3 is 2.60 bits per heavy atom. The smallest absolute Gasteiger partial charge is 0.411 e. The Hall–Kier alpha value is -3.12. The molecule has 1 fully saturated rings. The van der Waals surface area contributed by atoms with Gasteiger partial charge in [-0.15, -0.1) is 0 Å². The SMILES string of the molecule is Cc1ccc2c(N3CCN(CCc4cccc(N(C)C(=O)O)c4)CC3)cccc2n1. The van der Waals surface area contributed by atoms with Gasteiger partial charge in [0.25, 0.3) is 0 Å². The van der Waals surface area contributed by atoms with Crippen LogP contribution in [-0.4, -0.2) is 60.9 Å². The van der Waals surface area contributed by atoms with E-state index in [4.69, 9.17) is 5.11 Å². The van der Waals surface area contributed by atoms with Crippen LogP contribution in [0.3, 0.4) is 0 Å². The van der Waals surface area contributed by atoms with E-state index < -0.39 is 6.09 Å². The third kappa shape index (κ3) is 4.39. The van der Waals surface area contributed by atoms with Crippen LogP contribution < -0.4 is 9.80 Å². The third-order valence-electron chi connectivity index (χ3n) is 5.86. The maximum Gasteiger partial charge on any atom is 0.411 e. The molecule has 0 saturated carbocycles. The van der Waals surface area contributed by atoms with Gasteiger partial charge in [0.1, 0.15) is 0 Å². The molecule has 3 aromatic rings. The highest BCUT2D eigenvalue weighted by molar-refractivity contribution is 5.92. The average molecular weight is 405 g/mol. The Morgan fingerprint density at radius 2 is 1.83 bits per heavy atom. The van der Waals surface area contributed by atoms with Crippen LogP contribution in [0.15, 0.2) is 54.6 Å². The topological polar surface area (TPSA) is 59.9 Å². The number of benzene rings is 2. The highest BCUT2D eigenvalue weighted by Gasteiger charge is 2.19. The highest BCUT2D eigenvalue weighted by atomic mass is 16.4. The molecule has 2 aromatic carbocycles. The number of anilines is 2. The van der Waals surface area contributed by atoms with Crippen molar-refractivity contribution in [2.75, 3.05) is 49.6 Å². The number of aromatic nitrogens is 1. The van der Waals surface area contributed by atoms with Crippen LogP contribution in [0.4, 0.5) is 16.2 Å². The molecule has 1 aliphatic rings. The van der Waals surface area contributed by atoms with Crippen LogP contribution >= 0.6 is 0 Å². The van der Waals surface area contributed by atoms with Crippen molar-refractivity contribution in [1.82, 2.24) is 9.88 Å². The average Bonchev–Trinajstić information content (AvgIpc) is 2.77. The molecule has 1 N–H and O–H groups in total. The van der Waals surface area contributed by atoms with Crippen molar-refractivity contribution in [3.05, 3.63) is 65.9 Å². The van der Waals surface area contributed by atoms with Gasteiger partial charge in [0.15, 0.2) is 0 Å². The molecule has 30 heavy (non-hydrogen) atoms. The predicted octanol–water partition coefficient (Wildman–Crippen LogP) is 4.02.